The van der Waals surface area contributed by atoms with E-state index >= 15 is 0 Å². The third kappa shape index (κ3) is 3.74. The first-order valence-electron chi connectivity index (χ1n) is 5.90. The summed E-state index contributed by atoms with van der Waals surface area (Å²) < 4.78 is 32.6. The van der Waals surface area contributed by atoms with E-state index in [1.807, 2.05) is 0 Å². The summed E-state index contributed by atoms with van der Waals surface area (Å²) in [6.45, 7) is 3.86. The van der Waals surface area contributed by atoms with Crippen LogP contribution in [0.25, 0.3) is 0 Å². The van der Waals surface area contributed by atoms with E-state index in [9.17, 15) is 14.8 Å². The lowest BCUT2D eigenvalue weighted by Crippen LogP contribution is -2.34. The van der Waals surface area contributed by atoms with Crippen molar-refractivity contribution in [2.45, 2.75) is 38.4 Å². The molecule has 0 radical (unpaired) electrons. The highest BCUT2D eigenvalue weighted by atomic mass is 31.2. The second kappa shape index (κ2) is 6.96. The Morgan fingerprint density at radius 1 is 1.17 bits per heavy atom. The van der Waals surface area contributed by atoms with Crippen molar-refractivity contribution in [3.63, 3.8) is 0 Å². The molecule has 0 amide bonds. The van der Waals surface area contributed by atoms with Gasteiger partial charge in [0.1, 0.15) is 18.3 Å². The third-order valence-corrected chi connectivity index (χ3v) is 4.72. The van der Waals surface area contributed by atoms with Crippen molar-refractivity contribution in [2.24, 2.45) is 0 Å². The summed E-state index contributed by atoms with van der Waals surface area (Å²) in [6, 6.07) is 0. The van der Waals surface area contributed by atoms with E-state index in [1.54, 1.807) is 13.8 Å². The Labute approximate surface area is 107 Å². The van der Waals surface area contributed by atoms with Crippen LogP contribution in [0, 0.1) is 0 Å². The molecule has 0 aliphatic carbocycles. The van der Waals surface area contributed by atoms with Crippen LogP contribution < -0.4 is 0 Å². The molecule has 4 atom stereocenters. The summed E-state index contributed by atoms with van der Waals surface area (Å²) in [5, 5.41) is 19.4. The van der Waals surface area contributed by atoms with E-state index in [0.717, 1.165) is 0 Å². The second-order valence-electron chi connectivity index (χ2n) is 3.89. The average Bonchev–Trinajstić information content (AvgIpc) is 2.57. The number of ether oxygens (including phenoxy) is 2. The summed E-state index contributed by atoms with van der Waals surface area (Å²) in [6.07, 6.45) is -4.23. The van der Waals surface area contributed by atoms with Gasteiger partial charge in [0, 0.05) is 7.11 Å². The van der Waals surface area contributed by atoms with Crippen molar-refractivity contribution >= 4 is 7.60 Å². The molecule has 18 heavy (non-hydrogen) atoms. The molecule has 0 saturated carbocycles. The van der Waals surface area contributed by atoms with Gasteiger partial charge in [-0.25, -0.2) is 0 Å². The quantitative estimate of drug-likeness (QED) is 0.651. The molecule has 1 saturated heterocycles. The third-order valence-electron chi connectivity index (χ3n) is 2.61. The van der Waals surface area contributed by atoms with E-state index in [1.165, 1.54) is 7.11 Å². The summed E-state index contributed by atoms with van der Waals surface area (Å²) >= 11 is 0. The lowest BCUT2D eigenvalue weighted by Gasteiger charge is -2.21. The molecule has 0 unspecified atom stereocenters. The molecule has 0 aromatic carbocycles. The smallest absolute Gasteiger partial charge is 0.333 e. The maximum absolute atomic E-state index is 12.3. The zero-order valence-electron chi connectivity index (χ0n) is 10.8. The summed E-state index contributed by atoms with van der Waals surface area (Å²) in [4.78, 5) is 0. The van der Waals surface area contributed by atoms with Gasteiger partial charge >= 0.3 is 7.60 Å². The molecule has 0 aromatic heterocycles. The molecule has 1 rings (SSSR count). The van der Waals surface area contributed by atoms with Crippen molar-refractivity contribution in [2.75, 3.05) is 26.5 Å². The first-order chi connectivity index (χ1) is 8.47. The second-order valence-corrected chi connectivity index (χ2v) is 5.99. The van der Waals surface area contributed by atoms with Crippen LogP contribution in [0.15, 0.2) is 0 Å². The first-order valence-corrected chi connectivity index (χ1v) is 7.62. The highest BCUT2D eigenvalue weighted by Crippen LogP contribution is 2.50. The molecule has 0 spiro atoms. The van der Waals surface area contributed by atoms with Gasteiger partial charge in [0.2, 0.25) is 0 Å². The predicted molar refractivity (Wildman–Crippen MR) is 63.4 cm³/mol. The van der Waals surface area contributed by atoms with Crippen molar-refractivity contribution in [1.82, 2.24) is 0 Å². The van der Waals surface area contributed by atoms with E-state index < -0.39 is 32.2 Å². The monoisotopic (exact) mass is 284 g/mol. The van der Waals surface area contributed by atoms with Gasteiger partial charge in [-0.1, -0.05) is 0 Å². The van der Waals surface area contributed by atoms with Gasteiger partial charge in [0.15, 0.2) is 6.29 Å². The van der Waals surface area contributed by atoms with Crippen molar-refractivity contribution in [3.05, 3.63) is 0 Å². The highest BCUT2D eigenvalue weighted by Gasteiger charge is 2.46. The van der Waals surface area contributed by atoms with Gasteiger partial charge in [0.25, 0.3) is 0 Å². The molecular formula is C10H21O7P. The van der Waals surface area contributed by atoms with Crippen LogP contribution in [0.3, 0.4) is 0 Å². The lowest BCUT2D eigenvalue weighted by molar-refractivity contribution is -0.145. The highest BCUT2D eigenvalue weighted by molar-refractivity contribution is 7.53. The van der Waals surface area contributed by atoms with Gasteiger partial charge in [0.05, 0.1) is 19.4 Å². The minimum Gasteiger partial charge on any atom is -0.387 e. The Morgan fingerprint density at radius 3 is 2.11 bits per heavy atom. The largest absolute Gasteiger partial charge is 0.387 e. The molecule has 8 heteroatoms. The van der Waals surface area contributed by atoms with E-state index in [0.29, 0.717) is 0 Å². The zero-order valence-corrected chi connectivity index (χ0v) is 11.7. The standard InChI is InChI=1S/C10H21O7P/c1-4-15-18(13,16-5-2)6-7-8(11)9(12)10(14-3)17-7/h7-12H,4-6H2,1-3H3/t7-,8-,9-,10-/m1/s1. The average molecular weight is 284 g/mol. The number of hydrogen-bond donors (Lipinski definition) is 2. The van der Waals surface area contributed by atoms with Crippen molar-refractivity contribution in [1.29, 1.82) is 0 Å². The minimum atomic E-state index is -3.32. The molecule has 1 heterocycles. The fraction of sp³-hybridized carbons (Fsp3) is 1.00. The molecule has 1 aliphatic heterocycles. The van der Waals surface area contributed by atoms with Gasteiger partial charge in [-0.05, 0) is 13.8 Å². The van der Waals surface area contributed by atoms with Crippen LogP contribution in [-0.4, -0.2) is 61.3 Å². The van der Waals surface area contributed by atoms with E-state index in [2.05, 4.69) is 0 Å². The van der Waals surface area contributed by atoms with Crippen LogP contribution >= 0.6 is 7.60 Å². The van der Waals surface area contributed by atoms with Crippen LogP contribution in [0.2, 0.25) is 0 Å². The van der Waals surface area contributed by atoms with Crippen LogP contribution in [0.1, 0.15) is 13.8 Å². The SMILES string of the molecule is CCOP(=O)(C[C@H]1O[C@@H](OC)[C@H](O)[C@@H]1O)OCC. The van der Waals surface area contributed by atoms with Gasteiger partial charge in [-0.2, -0.15) is 0 Å². The molecule has 0 bridgehead atoms. The van der Waals surface area contributed by atoms with Crippen molar-refractivity contribution < 1.29 is 33.3 Å². The minimum absolute atomic E-state index is 0.118. The fourth-order valence-corrected chi connectivity index (χ4v) is 3.63. The topological polar surface area (TPSA) is 94.5 Å². The number of rotatable bonds is 7. The Balaban J connectivity index is 2.67. The fourth-order valence-electron chi connectivity index (χ4n) is 1.82. The summed E-state index contributed by atoms with van der Waals surface area (Å²) in [7, 11) is -1.97. The number of aliphatic hydroxyl groups is 2. The van der Waals surface area contributed by atoms with E-state index in [4.69, 9.17) is 18.5 Å². The van der Waals surface area contributed by atoms with Gasteiger partial charge in [-0.3, -0.25) is 4.57 Å². The maximum atomic E-state index is 12.3. The molecular weight excluding hydrogens is 263 g/mol. The van der Waals surface area contributed by atoms with Crippen LogP contribution in [0.5, 0.6) is 0 Å². The molecule has 1 aliphatic rings. The first kappa shape index (κ1) is 16.0. The zero-order chi connectivity index (χ0) is 13.8. The Bertz CT molecular complexity index is 288. The Hall–Kier alpha value is -0.0100. The number of hydrogen-bond acceptors (Lipinski definition) is 7. The molecule has 7 nitrogen and oxygen atoms in total. The van der Waals surface area contributed by atoms with Crippen molar-refractivity contribution in [3.8, 4) is 0 Å². The number of methoxy groups -OCH3 is 1. The van der Waals surface area contributed by atoms with E-state index in [-0.39, 0.29) is 19.4 Å². The molecule has 108 valence electrons. The Morgan fingerprint density at radius 2 is 1.72 bits per heavy atom. The lowest BCUT2D eigenvalue weighted by atomic mass is 10.2. The summed E-state index contributed by atoms with van der Waals surface area (Å²) in [5.74, 6) is 0. The van der Waals surface area contributed by atoms with Crippen LogP contribution in [0.4, 0.5) is 0 Å². The number of aliphatic hydroxyl groups excluding tert-OH is 2. The normalized spacial score (nSPS) is 32.9. The van der Waals surface area contributed by atoms with Crippen LogP contribution in [-0.2, 0) is 23.1 Å². The predicted octanol–water partition coefficient (Wildman–Crippen LogP) is 0.346. The van der Waals surface area contributed by atoms with Gasteiger partial charge in [-0.15, -0.1) is 0 Å². The molecule has 0 aromatic rings. The molecule has 1 fully saturated rings. The van der Waals surface area contributed by atoms with Gasteiger partial charge < -0.3 is 28.7 Å². The maximum Gasteiger partial charge on any atom is 0.333 e. The summed E-state index contributed by atoms with van der Waals surface area (Å²) in [5.41, 5.74) is 0. The Kier molecular flexibility index (Phi) is 6.20. The molecule has 2 N–H and O–H groups in total.